The molecule has 0 saturated heterocycles. The number of fused-ring (bicyclic) bond motifs is 2. The summed E-state index contributed by atoms with van der Waals surface area (Å²) in [5.74, 6) is 0.841. The van der Waals surface area contributed by atoms with E-state index in [0.29, 0.717) is 6.54 Å². The second-order valence-electron chi connectivity index (χ2n) is 7.36. The molecule has 0 spiro atoms. The van der Waals surface area contributed by atoms with E-state index in [4.69, 9.17) is 5.73 Å². The lowest BCUT2D eigenvalue weighted by Gasteiger charge is -2.14. The van der Waals surface area contributed by atoms with Crippen LogP contribution in [0, 0.1) is 6.92 Å². The predicted molar refractivity (Wildman–Crippen MR) is 117 cm³/mol. The molecule has 0 aliphatic carbocycles. The minimum absolute atomic E-state index is 0.148. The van der Waals surface area contributed by atoms with Crippen LogP contribution in [0.4, 0.5) is 0 Å². The lowest BCUT2D eigenvalue weighted by Crippen LogP contribution is -2.18. The lowest BCUT2D eigenvalue weighted by molar-refractivity contribution is 0.780. The van der Waals surface area contributed by atoms with Crippen molar-refractivity contribution in [3.05, 3.63) is 82.7 Å². The first-order valence-corrected chi connectivity index (χ1v) is 9.87. The van der Waals surface area contributed by atoms with Gasteiger partial charge < -0.3 is 15.7 Å². The number of hydrogen-bond donors (Lipinski definition) is 3. The fraction of sp³-hybridized carbons (Fsp3) is 0.174. The van der Waals surface area contributed by atoms with E-state index in [1.165, 1.54) is 0 Å². The number of nitrogens with one attached hydrogen (secondary N) is 2. The van der Waals surface area contributed by atoms with Crippen molar-refractivity contribution in [2.75, 3.05) is 6.54 Å². The molecule has 0 aliphatic heterocycles. The summed E-state index contributed by atoms with van der Waals surface area (Å²) < 4.78 is 3.96. The standard InChI is InChI=1S/C23H23N5O/c1-15-22(27-17(8-6-12-24)13-16-7-2-5-11-20(16)27)28(23(29)26-15)21-14-25-19-10-4-3-9-18(19)21/h2-5,7,9-11,13-14,25H,6,8,12,24H2,1H3,(H,26,29). The quantitative estimate of drug-likeness (QED) is 0.430. The third-order valence-corrected chi connectivity index (χ3v) is 5.49. The van der Waals surface area contributed by atoms with Gasteiger partial charge in [-0.05, 0) is 44.5 Å². The van der Waals surface area contributed by atoms with Gasteiger partial charge in [-0.1, -0.05) is 36.4 Å². The van der Waals surface area contributed by atoms with Crippen LogP contribution in [0.25, 0.3) is 33.3 Å². The van der Waals surface area contributed by atoms with Gasteiger partial charge in [0.05, 0.1) is 16.9 Å². The zero-order chi connectivity index (χ0) is 20.0. The predicted octanol–water partition coefficient (Wildman–Crippen LogP) is 3.79. The number of aryl methyl sites for hydroxylation is 2. The number of benzene rings is 2. The molecule has 5 aromatic rings. The van der Waals surface area contributed by atoms with Crippen molar-refractivity contribution in [1.29, 1.82) is 0 Å². The van der Waals surface area contributed by atoms with Gasteiger partial charge in [0, 0.05) is 28.2 Å². The summed E-state index contributed by atoms with van der Waals surface area (Å²) in [6.45, 7) is 2.58. The van der Waals surface area contributed by atoms with Crippen LogP contribution in [0.15, 0.2) is 65.6 Å². The van der Waals surface area contributed by atoms with Gasteiger partial charge >= 0.3 is 5.69 Å². The number of rotatable bonds is 5. The first kappa shape index (κ1) is 17.6. The van der Waals surface area contributed by atoms with Crippen LogP contribution in [-0.2, 0) is 6.42 Å². The van der Waals surface area contributed by atoms with Gasteiger partial charge in [-0.15, -0.1) is 0 Å². The second kappa shape index (κ2) is 6.83. The molecule has 4 N–H and O–H groups in total. The molecular weight excluding hydrogens is 362 g/mol. The number of aromatic amines is 2. The van der Waals surface area contributed by atoms with E-state index in [-0.39, 0.29) is 5.69 Å². The zero-order valence-corrected chi connectivity index (χ0v) is 16.3. The molecule has 5 rings (SSSR count). The summed E-state index contributed by atoms with van der Waals surface area (Å²) in [5.41, 5.74) is 10.5. The van der Waals surface area contributed by atoms with Crippen LogP contribution in [-0.4, -0.2) is 25.6 Å². The average molecular weight is 385 g/mol. The Morgan fingerprint density at radius 2 is 1.83 bits per heavy atom. The molecule has 29 heavy (non-hydrogen) atoms. The molecule has 0 atom stereocenters. The molecule has 0 unspecified atom stereocenters. The van der Waals surface area contributed by atoms with Gasteiger partial charge in [0.15, 0.2) is 0 Å². The van der Waals surface area contributed by atoms with Gasteiger partial charge in [0.25, 0.3) is 0 Å². The molecule has 6 heteroatoms. The number of hydrogen-bond acceptors (Lipinski definition) is 2. The fourth-order valence-corrected chi connectivity index (χ4v) is 4.20. The van der Waals surface area contributed by atoms with Crippen molar-refractivity contribution in [2.24, 2.45) is 5.73 Å². The highest BCUT2D eigenvalue weighted by Crippen LogP contribution is 2.29. The maximum atomic E-state index is 13.0. The Hall–Kier alpha value is -3.51. The normalized spacial score (nSPS) is 11.7. The van der Waals surface area contributed by atoms with Crippen molar-refractivity contribution in [3.8, 4) is 11.5 Å². The van der Waals surface area contributed by atoms with E-state index in [2.05, 4.69) is 32.7 Å². The van der Waals surface area contributed by atoms with Crippen molar-refractivity contribution in [3.63, 3.8) is 0 Å². The summed E-state index contributed by atoms with van der Waals surface area (Å²) >= 11 is 0. The largest absolute Gasteiger partial charge is 0.359 e. The smallest absolute Gasteiger partial charge is 0.332 e. The molecule has 0 bridgehead atoms. The Morgan fingerprint density at radius 3 is 2.69 bits per heavy atom. The Bertz CT molecular complexity index is 1380. The van der Waals surface area contributed by atoms with Crippen molar-refractivity contribution >= 4 is 21.8 Å². The van der Waals surface area contributed by atoms with Gasteiger partial charge in [-0.25, -0.2) is 9.36 Å². The molecule has 146 valence electrons. The minimum atomic E-state index is -0.148. The second-order valence-corrected chi connectivity index (χ2v) is 7.36. The highest BCUT2D eigenvalue weighted by atomic mass is 16.1. The van der Waals surface area contributed by atoms with Crippen LogP contribution in [0.3, 0.4) is 0 Å². The van der Waals surface area contributed by atoms with E-state index < -0.39 is 0 Å². The Morgan fingerprint density at radius 1 is 1.03 bits per heavy atom. The Kier molecular flexibility index (Phi) is 4.14. The molecule has 0 saturated carbocycles. The third kappa shape index (κ3) is 2.72. The van der Waals surface area contributed by atoms with Crippen LogP contribution >= 0.6 is 0 Å². The van der Waals surface area contributed by atoms with E-state index in [1.807, 2.05) is 49.5 Å². The molecule has 0 fully saturated rings. The zero-order valence-electron chi connectivity index (χ0n) is 16.3. The van der Waals surface area contributed by atoms with Gasteiger partial charge in [0.1, 0.15) is 5.82 Å². The first-order chi connectivity index (χ1) is 14.2. The molecule has 0 radical (unpaired) electrons. The fourth-order valence-electron chi connectivity index (χ4n) is 4.20. The number of para-hydroxylation sites is 2. The number of nitrogens with two attached hydrogens (primary N) is 1. The van der Waals surface area contributed by atoms with Crippen molar-refractivity contribution < 1.29 is 0 Å². The van der Waals surface area contributed by atoms with Gasteiger partial charge in [-0.3, -0.25) is 4.57 Å². The summed E-state index contributed by atoms with van der Waals surface area (Å²) in [7, 11) is 0. The molecule has 0 aliphatic rings. The molecule has 3 aromatic heterocycles. The number of aromatic nitrogens is 4. The summed E-state index contributed by atoms with van der Waals surface area (Å²) in [4.78, 5) is 19.3. The SMILES string of the molecule is Cc1[nH]c(=O)n(-c2c[nH]c3ccccc23)c1-n1c(CCCN)cc2ccccc21. The van der Waals surface area contributed by atoms with Crippen LogP contribution < -0.4 is 11.4 Å². The minimum Gasteiger partial charge on any atom is -0.359 e. The lowest BCUT2D eigenvalue weighted by atomic mass is 10.2. The monoisotopic (exact) mass is 385 g/mol. The topological polar surface area (TPSA) is 84.5 Å². The van der Waals surface area contributed by atoms with E-state index in [9.17, 15) is 4.79 Å². The molecule has 0 amide bonds. The summed E-state index contributed by atoms with van der Waals surface area (Å²) in [6, 6.07) is 18.5. The number of nitrogens with zero attached hydrogens (tertiary/aromatic N) is 2. The van der Waals surface area contributed by atoms with E-state index in [0.717, 1.165) is 57.5 Å². The summed E-state index contributed by atoms with van der Waals surface area (Å²) in [6.07, 6.45) is 3.63. The highest BCUT2D eigenvalue weighted by Gasteiger charge is 2.21. The maximum Gasteiger partial charge on any atom is 0.332 e. The average Bonchev–Trinajstić information content (AvgIpc) is 3.38. The summed E-state index contributed by atoms with van der Waals surface area (Å²) in [5, 5.41) is 2.16. The van der Waals surface area contributed by atoms with Crippen LogP contribution in [0.5, 0.6) is 0 Å². The van der Waals surface area contributed by atoms with Gasteiger partial charge in [0.2, 0.25) is 0 Å². The Labute approximate surface area is 167 Å². The van der Waals surface area contributed by atoms with Crippen LogP contribution in [0.2, 0.25) is 0 Å². The molecule has 3 heterocycles. The van der Waals surface area contributed by atoms with E-state index >= 15 is 0 Å². The number of imidazole rings is 1. The maximum absolute atomic E-state index is 13.0. The van der Waals surface area contributed by atoms with E-state index in [1.54, 1.807) is 4.57 Å². The highest BCUT2D eigenvalue weighted by molar-refractivity contribution is 5.89. The van der Waals surface area contributed by atoms with Crippen molar-refractivity contribution in [1.82, 2.24) is 19.1 Å². The van der Waals surface area contributed by atoms with Gasteiger partial charge in [-0.2, -0.15) is 0 Å². The number of H-pyrrole nitrogens is 2. The van der Waals surface area contributed by atoms with Crippen molar-refractivity contribution in [2.45, 2.75) is 19.8 Å². The third-order valence-electron chi connectivity index (χ3n) is 5.49. The first-order valence-electron chi connectivity index (χ1n) is 9.87. The Balaban J connectivity index is 1.84. The molecule has 2 aromatic carbocycles. The molecular formula is C23H23N5O. The molecule has 6 nitrogen and oxygen atoms in total. The van der Waals surface area contributed by atoms with Crippen LogP contribution in [0.1, 0.15) is 17.8 Å².